The van der Waals surface area contributed by atoms with E-state index in [9.17, 15) is 14.4 Å². The third-order valence-corrected chi connectivity index (χ3v) is 5.59. The van der Waals surface area contributed by atoms with E-state index >= 15 is 0 Å². The summed E-state index contributed by atoms with van der Waals surface area (Å²) in [6, 6.07) is 22.0. The number of nitrogens with zero attached hydrogens (tertiary/aromatic N) is 1. The van der Waals surface area contributed by atoms with Gasteiger partial charge in [-0.15, -0.1) is 0 Å². The Balaban J connectivity index is 1.42. The number of benzene rings is 3. The topological polar surface area (TPSA) is 78.5 Å². The fourth-order valence-corrected chi connectivity index (χ4v) is 3.87. The van der Waals surface area contributed by atoms with Crippen LogP contribution in [0, 0.1) is 19.8 Å². The highest BCUT2D eigenvalue weighted by Gasteiger charge is 2.35. The van der Waals surface area contributed by atoms with Gasteiger partial charge in [0.2, 0.25) is 11.8 Å². The minimum Gasteiger partial charge on any atom is -0.326 e. The molecule has 1 heterocycles. The minimum atomic E-state index is -0.449. The number of anilines is 3. The van der Waals surface area contributed by atoms with E-state index in [1.54, 1.807) is 29.2 Å². The lowest BCUT2D eigenvalue weighted by Gasteiger charge is -2.16. The molecule has 0 radical (unpaired) electrons. The lowest BCUT2D eigenvalue weighted by molar-refractivity contribution is -0.122. The zero-order valence-electron chi connectivity index (χ0n) is 18.1. The zero-order chi connectivity index (χ0) is 22.7. The lowest BCUT2D eigenvalue weighted by atomic mass is 10.1. The number of carbonyl (C=O) groups is 3. The van der Waals surface area contributed by atoms with Crippen LogP contribution in [0.4, 0.5) is 17.1 Å². The fourth-order valence-electron chi connectivity index (χ4n) is 3.87. The molecule has 4 rings (SSSR count). The van der Waals surface area contributed by atoms with Crippen molar-refractivity contribution in [2.75, 3.05) is 22.1 Å². The summed E-state index contributed by atoms with van der Waals surface area (Å²) in [5.41, 5.74) is 4.61. The van der Waals surface area contributed by atoms with E-state index in [1.165, 1.54) is 0 Å². The van der Waals surface area contributed by atoms with Crippen LogP contribution in [0.5, 0.6) is 0 Å². The third-order valence-electron chi connectivity index (χ3n) is 5.59. The molecule has 0 bridgehead atoms. The SMILES string of the molecule is Cc1ccc(NC(=O)c2cccc(NC(=O)[C@H]3CC(=O)N(c4ccccc4)C3)c2)c(C)c1. The quantitative estimate of drug-likeness (QED) is 0.627. The number of hydrogen-bond acceptors (Lipinski definition) is 3. The molecular weight excluding hydrogens is 402 g/mol. The van der Waals surface area contributed by atoms with Gasteiger partial charge < -0.3 is 15.5 Å². The van der Waals surface area contributed by atoms with Crippen LogP contribution in [0.3, 0.4) is 0 Å². The molecule has 3 aromatic rings. The van der Waals surface area contributed by atoms with Gasteiger partial charge in [0.25, 0.3) is 5.91 Å². The van der Waals surface area contributed by atoms with E-state index in [0.717, 1.165) is 22.5 Å². The molecule has 2 N–H and O–H groups in total. The first kappa shape index (κ1) is 21.3. The Bertz CT molecular complexity index is 1170. The summed E-state index contributed by atoms with van der Waals surface area (Å²) < 4.78 is 0. The first-order valence-corrected chi connectivity index (χ1v) is 10.6. The number of amides is 3. The lowest BCUT2D eigenvalue weighted by Crippen LogP contribution is -2.28. The van der Waals surface area contributed by atoms with Gasteiger partial charge in [-0.25, -0.2) is 0 Å². The minimum absolute atomic E-state index is 0.0713. The van der Waals surface area contributed by atoms with Crippen LogP contribution in [0.25, 0.3) is 0 Å². The van der Waals surface area contributed by atoms with Crippen LogP contribution in [0.1, 0.15) is 27.9 Å². The van der Waals surface area contributed by atoms with Gasteiger partial charge in [0.05, 0.1) is 5.92 Å². The molecule has 1 atom stereocenters. The largest absolute Gasteiger partial charge is 0.326 e. The smallest absolute Gasteiger partial charge is 0.255 e. The molecule has 0 unspecified atom stereocenters. The Morgan fingerprint density at radius 1 is 0.906 bits per heavy atom. The summed E-state index contributed by atoms with van der Waals surface area (Å²) in [5.74, 6) is -1.00. The predicted molar refractivity (Wildman–Crippen MR) is 126 cm³/mol. The van der Waals surface area contributed by atoms with Crippen molar-refractivity contribution in [3.63, 3.8) is 0 Å². The van der Waals surface area contributed by atoms with Crippen LogP contribution in [-0.4, -0.2) is 24.3 Å². The molecule has 6 heteroatoms. The monoisotopic (exact) mass is 427 g/mol. The molecule has 3 amide bonds. The Labute approximate surface area is 187 Å². The second kappa shape index (κ2) is 9.06. The van der Waals surface area contributed by atoms with E-state index < -0.39 is 5.92 Å². The van der Waals surface area contributed by atoms with Crippen LogP contribution in [0.15, 0.2) is 72.8 Å². The maximum Gasteiger partial charge on any atom is 0.255 e. The van der Waals surface area contributed by atoms with Crippen molar-refractivity contribution in [2.24, 2.45) is 5.92 Å². The highest BCUT2D eigenvalue weighted by atomic mass is 16.2. The third kappa shape index (κ3) is 4.70. The molecule has 1 aliphatic heterocycles. The number of carbonyl (C=O) groups excluding carboxylic acids is 3. The normalized spacial score (nSPS) is 15.5. The number of aryl methyl sites for hydroxylation is 2. The average Bonchev–Trinajstić information content (AvgIpc) is 3.18. The summed E-state index contributed by atoms with van der Waals surface area (Å²) >= 11 is 0. The predicted octanol–water partition coefficient (Wildman–Crippen LogP) is 4.55. The Morgan fingerprint density at radius 2 is 1.69 bits per heavy atom. The van der Waals surface area contributed by atoms with Crippen LogP contribution < -0.4 is 15.5 Å². The summed E-state index contributed by atoms with van der Waals surface area (Å²) in [4.78, 5) is 39.5. The van der Waals surface area contributed by atoms with Crippen LogP contribution in [0.2, 0.25) is 0 Å². The zero-order valence-corrected chi connectivity index (χ0v) is 18.1. The van der Waals surface area contributed by atoms with Crippen molar-refractivity contribution >= 4 is 34.8 Å². The van der Waals surface area contributed by atoms with Gasteiger partial charge in [-0.3, -0.25) is 14.4 Å². The van der Waals surface area contributed by atoms with E-state index in [1.807, 2.05) is 62.4 Å². The Morgan fingerprint density at radius 3 is 2.44 bits per heavy atom. The van der Waals surface area contributed by atoms with E-state index in [2.05, 4.69) is 10.6 Å². The van der Waals surface area contributed by atoms with Gasteiger partial charge in [0.1, 0.15) is 0 Å². The first-order valence-electron chi connectivity index (χ1n) is 10.6. The fraction of sp³-hybridized carbons (Fsp3) is 0.192. The number of rotatable bonds is 5. The molecular formula is C26H25N3O3. The van der Waals surface area contributed by atoms with Crippen molar-refractivity contribution in [1.29, 1.82) is 0 Å². The number of hydrogen-bond donors (Lipinski definition) is 2. The van der Waals surface area contributed by atoms with Crippen molar-refractivity contribution in [3.8, 4) is 0 Å². The van der Waals surface area contributed by atoms with Crippen molar-refractivity contribution in [2.45, 2.75) is 20.3 Å². The van der Waals surface area contributed by atoms with E-state index in [0.29, 0.717) is 17.8 Å². The van der Waals surface area contributed by atoms with Crippen LogP contribution >= 0.6 is 0 Å². The molecule has 1 fully saturated rings. The second-order valence-corrected chi connectivity index (χ2v) is 8.08. The second-order valence-electron chi connectivity index (χ2n) is 8.08. The van der Waals surface area contributed by atoms with Gasteiger partial charge in [-0.1, -0.05) is 42.0 Å². The molecule has 0 aromatic heterocycles. The highest BCUT2D eigenvalue weighted by Crippen LogP contribution is 2.26. The summed E-state index contributed by atoms with van der Waals surface area (Å²) in [6.45, 7) is 4.28. The van der Waals surface area contributed by atoms with Gasteiger partial charge >= 0.3 is 0 Å². The summed E-state index contributed by atoms with van der Waals surface area (Å²) in [7, 11) is 0. The molecule has 162 valence electrons. The Hall–Kier alpha value is -3.93. The summed E-state index contributed by atoms with van der Waals surface area (Å²) in [5, 5.41) is 5.77. The molecule has 6 nitrogen and oxygen atoms in total. The number of nitrogens with one attached hydrogen (secondary N) is 2. The van der Waals surface area contributed by atoms with E-state index in [4.69, 9.17) is 0 Å². The molecule has 0 aliphatic carbocycles. The molecule has 0 spiro atoms. The number of para-hydroxylation sites is 1. The maximum absolute atomic E-state index is 12.8. The Kier molecular flexibility index (Phi) is 6.03. The summed E-state index contributed by atoms with van der Waals surface area (Å²) in [6.07, 6.45) is 0.160. The average molecular weight is 428 g/mol. The van der Waals surface area contributed by atoms with Crippen LogP contribution in [-0.2, 0) is 9.59 Å². The standard InChI is InChI=1S/C26H25N3O3/c1-17-11-12-23(18(2)13-17)28-25(31)19-7-6-8-21(14-19)27-26(32)20-15-24(30)29(16-20)22-9-4-3-5-10-22/h3-14,20H,15-16H2,1-2H3,(H,27,32)(H,28,31)/t20-/m0/s1. The maximum atomic E-state index is 12.8. The first-order chi connectivity index (χ1) is 15.4. The molecule has 32 heavy (non-hydrogen) atoms. The molecule has 1 saturated heterocycles. The van der Waals surface area contributed by atoms with Crippen molar-refractivity contribution in [1.82, 2.24) is 0 Å². The van der Waals surface area contributed by atoms with Gasteiger partial charge in [-0.2, -0.15) is 0 Å². The van der Waals surface area contributed by atoms with Gasteiger partial charge in [0.15, 0.2) is 0 Å². The van der Waals surface area contributed by atoms with E-state index in [-0.39, 0.29) is 24.1 Å². The van der Waals surface area contributed by atoms with Crippen molar-refractivity contribution < 1.29 is 14.4 Å². The molecule has 0 saturated carbocycles. The van der Waals surface area contributed by atoms with Gasteiger partial charge in [0, 0.05) is 35.6 Å². The van der Waals surface area contributed by atoms with Crippen molar-refractivity contribution in [3.05, 3.63) is 89.5 Å². The molecule has 1 aliphatic rings. The molecule has 3 aromatic carbocycles. The highest BCUT2D eigenvalue weighted by molar-refractivity contribution is 6.06. The van der Waals surface area contributed by atoms with Gasteiger partial charge in [-0.05, 0) is 55.8 Å².